The molecule has 0 aromatic heterocycles. The Balaban J connectivity index is 2.21. The van der Waals surface area contributed by atoms with Crippen molar-refractivity contribution in [3.05, 3.63) is 111 Å². The van der Waals surface area contributed by atoms with Crippen LogP contribution in [0.25, 0.3) is 22.3 Å². The summed E-state index contributed by atoms with van der Waals surface area (Å²) >= 11 is 0. The fourth-order valence-corrected chi connectivity index (χ4v) is 3.54. The fourth-order valence-electron chi connectivity index (χ4n) is 3.54. The Morgan fingerprint density at radius 2 is 0.881 bits per heavy atom. The highest BCUT2D eigenvalue weighted by atomic mass is 19.4. The number of halogens is 3. The number of benzene rings is 3. The predicted octanol–water partition coefficient (Wildman–Crippen LogP) is 6.41. The normalized spacial score (nSPS) is 10.5. The van der Waals surface area contributed by atoms with E-state index in [1.807, 2.05) is 0 Å². The number of hydrogen-bond donors (Lipinski definition) is 0. The van der Waals surface area contributed by atoms with Gasteiger partial charge in [-0.05, 0) is 52.6 Å². The minimum absolute atomic E-state index is 0.00558. The maximum absolute atomic E-state index is 14.4. The van der Waals surface area contributed by atoms with Crippen LogP contribution in [0.4, 0.5) is 13.2 Å². The van der Waals surface area contributed by atoms with Crippen LogP contribution in [-0.4, -0.2) is 23.9 Å². The molecule has 0 atom stereocenters. The molecule has 0 N–H and O–H groups in total. The highest BCUT2D eigenvalue weighted by molar-refractivity contribution is 5.87. The van der Waals surface area contributed by atoms with Crippen LogP contribution in [0.3, 0.4) is 0 Å². The van der Waals surface area contributed by atoms with Gasteiger partial charge in [0.2, 0.25) is 0 Å². The lowest BCUT2D eigenvalue weighted by atomic mass is 9.94. The van der Waals surface area contributed by atoms with E-state index < -0.39 is 35.6 Å². The van der Waals surface area contributed by atoms with Crippen LogP contribution in [0.15, 0.2) is 105 Å². The van der Waals surface area contributed by atoms with Crippen molar-refractivity contribution in [3.63, 3.8) is 0 Å². The fraction of sp³-hybridized carbons (Fsp3) is 0.0323. The smallest absolute Gasteiger partial charge is 0.417 e. The van der Waals surface area contributed by atoms with Gasteiger partial charge in [0.05, 0.1) is 5.56 Å². The van der Waals surface area contributed by atoms with Gasteiger partial charge >= 0.3 is 30.1 Å². The summed E-state index contributed by atoms with van der Waals surface area (Å²) in [5, 5.41) is 0. The van der Waals surface area contributed by atoms with Gasteiger partial charge in [-0.25, -0.2) is 19.2 Å². The lowest BCUT2D eigenvalue weighted by Gasteiger charge is -2.17. The first-order valence-electron chi connectivity index (χ1n) is 11.8. The lowest BCUT2D eigenvalue weighted by molar-refractivity contribution is -0.137. The van der Waals surface area contributed by atoms with Crippen LogP contribution in [0.2, 0.25) is 0 Å². The molecular formula is C31H21F3O8. The molecule has 0 spiro atoms. The summed E-state index contributed by atoms with van der Waals surface area (Å²) in [5.74, 6) is -4.21. The molecule has 3 rings (SSSR count). The Labute approximate surface area is 237 Å². The summed E-state index contributed by atoms with van der Waals surface area (Å²) in [6, 6.07) is 10.5. The molecular weight excluding hydrogens is 557 g/mol. The van der Waals surface area contributed by atoms with Crippen LogP contribution < -0.4 is 18.9 Å². The zero-order valence-electron chi connectivity index (χ0n) is 21.7. The molecule has 3 aromatic rings. The molecule has 3 aromatic carbocycles. The van der Waals surface area contributed by atoms with Crippen molar-refractivity contribution in [3.8, 4) is 45.3 Å². The molecule has 0 fully saturated rings. The molecule has 0 saturated heterocycles. The Bertz CT molecular complexity index is 1540. The van der Waals surface area contributed by atoms with Crippen molar-refractivity contribution >= 4 is 23.9 Å². The second kappa shape index (κ2) is 13.1. The summed E-state index contributed by atoms with van der Waals surface area (Å²) in [6.07, 6.45) is -1.46. The topological polar surface area (TPSA) is 105 Å². The molecule has 0 heterocycles. The number of hydrogen-bond acceptors (Lipinski definition) is 8. The maximum atomic E-state index is 14.4. The van der Waals surface area contributed by atoms with Gasteiger partial charge in [0, 0.05) is 36.4 Å². The van der Waals surface area contributed by atoms with Gasteiger partial charge in [0.25, 0.3) is 0 Å². The molecule has 214 valence electrons. The molecule has 0 aliphatic heterocycles. The largest absolute Gasteiger partial charge is 0.423 e. The highest BCUT2D eigenvalue weighted by Crippen LogP contribution is 2.42. The third kappa shape index (κ3) is 7.92. The van der Waals surface area contributed by atoms with E-state index in [-0.39, 0.29) is 45.3 Å². The number of carbonyl (C=O) groups excluding carboxylic acids is 4. The molecule has 11 heteroatoms. The molecule has 8 nitrogen and oxygen atoms in total. The quantitative estimate of drug-likeness (QED) is 0.155. The van der Waals surface area contributed by atoms with Crippen molar-refractivity contribution in [1.82, 2.24) is 0 Å². The number of alkyl halides is 3. The van der Waals surface area contributed by atoms with E-state index in [2.05, 4.69) is 26.3 Å². The monoisotopic (exact) mass is 578 g/mol. The van der Waals surface area contributed by atoms with E-state index in [1.165, 1.54) is 24.3 Å². The molecule has 0 amide bonds. The van der Waals surface area contributed by atoms with Gasteiger partial charge < -0.3 is 18.9 Å². The second-order valence-corrected chi connectivity index (χ2v) is 8.15. The van der Waals surface area contributed by atoms with Crippen molar-refractivity contribution < 1.29 is 51.3 Å². The van der Waals surface area contributed by atoms with E-state index in [1.54, 1.807) is 0 Å². The van der Waals surface area contributed by atoms with Gasteiger partial charge in [-0.2, -0.15) is 13.2 Å². The zero-order chi connectivity index (χ0) is 31.0. The van der Waals surface area contributed by atoms with Gasteiger partial charge in [-0.3, -0.25) is 0 Å². The SMILES string of the molecule is C=CC(=O)Oc1cc(OC(=O)C=C)cc(-c2ccc(-c3cc(OC(=O)C=C)cc(OC(=O)C=C)c3)c(C(F)(F)F)c2)c1. The minimum atomic E-state index is -4.90. The third-order valence-electron chi connectivity index (χ3n) is 5.27. The summed E-state index contributed by atoms with van der Waals surface area (Å²) in [7, 11) is 0. The van der Waals surface area contributed by atoms with Crippen LogP contribution in [0.5, 0.6) is 23.0 Å². The maximum Gasteiger partial charge on any atom is 0.417 e. The van der Waals surface area contributed by atoms with E-state index in [4.69, 9.17) is 18.9 Å². The Hall–Kier alpha value is -5.71. The third-order valence-corrected chi connectivity index (χ3v) is 5.27. The Kier molecular flexibility index (Phi) is 9.61. The molecule has 0 aliphatic carbocycles. The predicted molar refractivity (Wildman–Crippen MR) is 146 cm³/mol. The van der Waals surface area contributed by atoms with Crippen LogP contribution in [-0.2, 0) is 25.4 Å². The van der Waals surface area contributed by atoms with Crippen LogP contribution in [0.1, 0.15) is 5.56 Å². The van der Waals surface area contributed by atoms with Gasteiger partial charge in [0.15, 0.2) is 0 Å². The first-order chi connectivity index (χ1) is 19.9. The number of carbonyl (C=O) groups is 4. The van der Waals surface area contributed by atoms with E-state index >= 15 is 0 Å². The summed E-state index contributed by atoms with van der Waals surface area (Å²) in [4.78, 5) is 47.0. The second-order valence-electron chi connectivity index (χ2n) is 8.15. The highest BCUT2D eigenvalue weighted by Gasteiger charge is 2.34. The Morgan fingerprint density at radius 3 is 1.21 bits per heavy atom. The average molecular weight is 578 g/mol. The molecule has 0 bridgehead atoms. The standard InChI is InChI=1S/C31H21F3O8/c1-5-27(35)39-21-11-19(12-22(16-21)40-28(36)6-2)18-9-10-25(26(15-18)31(32,33)34)20-13-23(41-29(37)7-3)17-24(14-20)42-30(38)8-4/h5-17H,1-4H2. The van der Waals surface area contributed by atoms with Crippen molar-refractivity contribution in [1.29, 1.82) is 0 Å². The molecule has 42 heavy (non-hydrogen) atoms. The van der Waals surface area contributed by atoms with Crippen molar-refractivity contribution in [2.75, 3.05) is 0 Å². The first kappa shape index (κ1) is 30.8. The molecule has 0 aliphatic rings. The van der Waals surface area contributed by atoms with Crippen LogP contribution in [0, 0.1) is 0 Å². The number of rotatable bonds is 10. The van der Waals surface area contributed by atoms with Crippen molar-refractivity contribution in [2.24, 2.45) is 0 Å². The first-order valence-corrected chi connectivity index (χ1v) is 11.8. The molecule has 0 unspecified atom stereocenters. The number of esters is 4. The van der Waals surface area contributed by atoms with E-state index in [0.29, 0.717) is 0 Å². The van der Waals surface area contributed by atoms with Crippen molar-refractivity contribution in [2.45, 2.75) is 6.18 Å². The van der Waals surface area contributed by atoms with E-state index in [0.717, 1.165) is 54.6 Å². The van der Waals surface area contributed by atoms with Gasteiger partial charge in [0.1, 0.15) is 23.0 Å². The molecule has 0 saturated carbocycles. The summed E-state index contributed by atoms with van der Waals surface area (Å²) in [5.41, 5.74) is -1.48. The zero-order valence-corrected chi connectivity index (χ0v) is 21.7. The van der Waals surface area contributed by atoms with Gasteiger partial charge in [-0.15, -0.1) is 0 Å². The minimum Gasteiger partial charge on any atom is -0.423 e. The lowest BCUT2D eigenvalue weighted by Crippen LogP contribution is -2.09. The van der Waals surface area contributed by atoms with E-state index in [9.17, 15) is 32.3 Å². The van der Waals surface area contributed by atoms with Gasteiger partial charge in [-0.1, -0.05) is 38.4 Å². The van der Waals surface area contributed by atoms with Crippen LogP contribution >= 0.6 is 0 Å². The summed E-state index contributed by atoms with van der Waals surface area (Å²) < 4.78 is 63.5. The average Bonchev–Trinajstić information content (AvgIpc) is 2.95. The number of ether oxygens (including phenoxy) is 4. The Morgan fingerprint density at radius 1 is 0.524 bits per heavy atom. The molecule has 0 radical (unpaired) electrons. The summed E-state index contributed by atoms with van der Waals surface area (Å²) in [6.45, 7) is 13.1.